The van der Waals surface area contributed by atoms with Crippen LogP contribution >= 0.6 is 0 Å². The number of nitrogens with zero attached hydrogens (tertiary/aromatic N) is 2. The van der Waals surface area contributed by atoms with Crippen molar-refractivity contribution in [2.45, 2.75) is 37.1 Å². The predicted molar refractivity (Wildman–Crippen MR) is 93.9 cm³/mol. The molecule has 1 aliphatic heterocycles. The van der Waals surface area contributed by atoms with Gasteiger partial charge in [-0.25, -0.2) is 17.9 Å². The molecule has 0 bridgehead atoms. The number of benzene rings is 1. The molecule has 9 heteroatoms. The van der Waals surface area contributed by atoms with E-state index in [9.17, 15) is 18.3 Å². The topological polar surface area (TPSA) is 111 Å². The number of carboxylic acid groups (broad SMARTS) is 1. The van der Waals surface area contributed by atoms with Crippen LogP contribution in [0.3, 0.4) is 0 Å². The highest BCUT2D eigenvalue weighted by molar-refractivity contribution is 7.89. The lowest BCUT2D eigenvalue weighted by atomic mass is 9.95. The van der Waals surface area contributed by atoms with Crippen molar-refractivity contribution in [3.8, 4) is 5.75 Å². The van der Waals surface area contributed by atoms with E-state index in [1.807, 2.05) is 18.2 Å². The van der Waals surface area contributed by atoms with Gasteiger partial charge in [-0.3, -0.25) is 4.68 Å². The summed E-state index contributed by atoms with van der Waals surface area (Å²) in [5, 5.41) is 13.1. The molecular formula is C17H21N3O5S. The second-order valence-electron chi connectivity index (χ2n) is 6.55. The van der Waals surface area contributed by atoms with E-state index >= 15 is 0 Å². The summed E-state index contributed by atoms with van der Waals surface area (Å²) in [5.74, 6) is -0.422. The first-order valence-corrected chi connectivity index (χ1v) is 9.73. The molecule has 1 atom stereocenters. The van der Waals surface area contributed by atoms with Crippen LogP contribution in [0.15, 0.2) is 29.3 Å². The minimum absolute atomic E-state index is 0.288. The average molecular weight is 379 g/mol. The van der Waals surface area contributed by atoms with Crippen molar-refractivity contribution in [2.75, 3.05) is 6.61 Å². The number of fused-ring (bicyclic) bond motifs is 1. The van der Waals surface area contributed by atoms with Crippen LogP contribution in [0, 0.1) is 0 Å². The summed E-state index contributed by atoms with van der Waals surface area (Å²) in [4.78, 5) is 11.0. The Balaban J connectivity index is 1.98. The van der Waals surface area contributed by atoms with E-state index in [1.165, 1.54) is 7.05 Å². The van der Waals surface area contributed by atoms with E-state index in [-0.39, 0.29) is 16.5 Å². The first kappa shape index (κ1) is 18.4. The monoisotopic (exact) mass is 379 g/mol. The van der Waals surface area contributed by atoms with Gasteiger partial charge in [0.2, 0.25) is 10.0 Å². The van der Waals surface area contributed by atoms with E-state index in [0.29, 0.717) is 18.8 Å². The van der Waals surface area contributed by atoms with Gasteiger partial charge in [0.15, 0.2) is 5.69 Å². The Kier molecular flexibility index (Phi) is 4.76. The van der Waals surface area contributed by atoms with Crippen LogP contribution in [0.2, 0.25) is 0 Å². The lowest BCUT2D eigenvalue weighted by Gasteiger charge is -2.27. The number of carboxylic acids is 1. The van der Waals surface area contributed by atoms with Crippen LogP contribution in [0.25, 0.3) is 0 Å². The van der Waals surface area contributed by atoms with E-state index in [4.69, 9.17) is 4.74 Å². The number of hydrogen-bond acceptors (Lipinski definition) is 5. The predicted octanol–water partition coefficient (Wildman–Crippen LogP) is 2.04. The second-order valence-corrected chi connectivity index (χ2v) is 8.23. The Morgan fingerprint density at radius 2 is 2.15 bits per heavy atom. The van der Waals surface area contributed by atoms with Gasteiger partial charge in [-0.15, -0.1) is 0 Å². The van der Waals surface area contributed by atoms with Gasteiger partial charge < -0.3 is 9.84 Å². The zero-order chi connectivity index (χ0) is 19.1. The maximum Gasteiger partial charge on any atom is 0.355 e. The van der Waals surface area contributed by atoms with Crippen molar-refractivity contribution in [2.24, 2.45) is 7.05 Å². The third kappa shape index (κ3) is 3.32. The van der Waals surface area contributed by atoms with Gasteiger partial charge in [0.05, 0.1) is 18.8 Å². The van der Waals surface area contributed by atoms with Gasteiger partial charge in [-0.1, -0.05) is 26.0 Å². The summed E-state index contributed by atoms with van der Waals surface area (Å²) in [7, 11) is -2.67. The molecule has 1 aliphatic rings. The van der Waals surface area contributed by atoms with Crippen molar-refractivity contribution in [3.05, 3.63) is 41.2 Å². The fourth-order valence-electron chi connectivity index (χ4n) is 3.00. The first-order chi connectivity index (χ1) is 12.2. The van der Waals surface area contributed by atoms with Crippen molar-refractivity contribution < 1.29 is 23.1 Å². The van der Waals surface area contributed by atoms with Crippen molar-refractivity contribution in [1.82, 2.24) is 14.5 Å². The van der Waals surface area contributed by atoms with Crippen LogP contribution in [-0.4, -0.2) is 35.9 Å². The Labute approximate surface area is 151 Å². The number of aryl methyl sites for hydroxylation is 1. The van der Waals surface area contributed by atoms with Crippen LogP contribution in [0.4, 0.5) is 0 Å². The van der Waals surface area contributed by atoms with Crippen molar-refractivity contribution >= 4 is 16.0 Å². The number of nitrogens with one attached hydrogen (secondary N) is 1. The third-order valence-electron chi connectivity index (χ3n) is 4.43. The van der Waals surface area contributed by atoms with E-state index in [2.05, 4.69) is 23.7 Å². The molecule has 0 saturated heterocycles. The van der Waals surface area contributed by atoms with E-state index < -0.39 is 22.0 Å². The summed E-state index contributed by atoms with van der Waals surface area (Å²) < 4.78 is 34.9. The molecule has 26 heavy (non-hydrogen) atoms. The molecular weight excluding hydrogens is 358 g/mol. The smallest absolute Gasteiger partial charge is 0.355 e. The van der Waals surface area contributed by atoms with Gasteiger partial charge in [-0.05, 0) is 17.5 Å². The fraction of sp³-hybridized carbons (Fsp3) is 0.412. The SMILES string of the molecule is CC(C)c1ccc2c(c1)[C@H](NS(=O)(=O)c1cnn(C)c1C(=O)O)CCO2. The molecule has 0 unspecified atom stereocenters. The lowest BCUT2D eigenvalue weighted by Crippen LogP contribution is -2.33. The van der Waals surface area contributed by atoms with Gasteiger partial charge >= 0.3 is 5.97 Å². The molecule has 2 N–H and O–H groups in total. The Morgan fingerprint density at radius 1 is 1.42 bits per heavy atom. The van der Waals surface area contributed by atoms with Crippen LogP contribution in [0.1, 0.15) is 53.8 Å². The Morgan fingerprint density at radius 3 is 2.81 bits per heavy atom. The summed E-state index contributed by atoms with van der Waals surface area (Å²) >= 11 is 0. The third-order valence-corrected chi connectivity index (χ3v) is 5.91. The molecule has 2 heterocycles. The van der Waals surface area contributed by atoms with Crippen molar-refractivity contribution in [1.29, 1.82) is 0 Å². The summed E-state index contributed by atoms with van der Waals surface area (Å²) in [6.45, 7) is 4.48. The van der Waals surface area contributed by atoms with Crippen molar-refractivity contribution in [3.63, 3.8) is 0 Å². The molecule has 0 amide bonds. The minimum Gasteiger partial charge on any atom is -0.493 e. The van der Waals surface area contributed by atoms with Gasteiger partial charge in [-0.2, -0.15) is 5.10 Å². The number of rotatable bonds is 5. The Bertz CT molecular complexity index is 949. The molecule has 1 aromatic heterocycles. The summed E-state index contributed by atoms with van der Waals surface area (Å²) in [6, 6.07) is 5.25. The number of aromatic nitrogens is 2. The second kappa shape index (κ2) is 6.73. The highest BCUT2D eigenvalue weighted by atomic mass is 32.2. The van der Waals surface area contributed by atoms with Crippen LogP contribution in [0.5, 0.6) is 5.75 Å². The maximum absolute atomic E-state index is 12.8. The molecule has 140 valence electrons. The lowest BCUT2D eigenvalue weighted by molar-refractivity contribution is 0.0680. The molecule has 3 rings (SSSR count). The zero-order valence-corrected chi connectivity index (χ0v) is 15.6. The highest BCUT2D eigenvalue weighted by Crippen LogP contribution is 2.35. The van der Waals surface area contributed by atoms with Gasteiger partial charge in [0, 0.05) is 19.0 Å². The number of aromatic carboxylic acids is 1. The number of carbonyl (C=O) groups is 1. The molecule has 2 aromatic rings. The molecule has 0 saturated carbocycles. The number of ether oxygens (including phenoxy) is 1. The number of hydrogen-bond donors (Lipinski definition) is 2. The van der Waals surface area contributed by atoms with E-state index in [1.54, 1.807) is 0 Å². The Hall–Kier alpha value is -2.39. The molecule has 0 aliphatic carbocycles. The zero-order valence-electron chi connectivity index (χ0n) is 14.8. The largest absolute Gasteiger partial charge is 0.493 e. The maximum atomic E-state index is 12.8. The van der Waals surface area contributed by atoms with Gasteiger partial charge in [0.25, 0.3) is 0 Å². The van der Waals surface area contributed by atoms with Crippen LogP contribution in [-0.2, 0) is 17.1 Å². The summed E-state index contributed by atoms with van der Waals surface area (Å²) in [5.41, 5.74) is 1.46. The van der Waals surface area contributed by atoms with Gasteiger partial charge in [0.1, 0.15) is 10.6 Å². The number of sulfonamides is 1. The van der Waals surface area contributed by atoms with Crippen LogP contribution < -0.4 is 9.46 Å². The molecule has 8 nitrogen and oxygen atoms in total. The highest BCUT2D eigenvalue weighted by Gasteiger charge is 2.31. The first-order valence-electron chi connectivity index (χ1n) is 8.25. The standard InChI is InChI=1S/C17H21N3O5S/c1-10(2)11-4-5-14-12(8-11)13(6-7-25-14)19-26(23,24)15-9-18-20(3)16(15)17(21)22/h4-5,8-10,13,19H,6-7H2,1-3H3,(H,21,22)/t13-/m1/s1. The quantitative estimate of drug-likeness (QED) is 0.822. The fourth-order valence-corrected chi connectivity index (χ4v) is 4.41. The molecule has 0 fully saturated rings. The normalized spacial score (nSPS) is 17.0. The average Bonchev–Trinajstić information content (AvgIpc) is 2.97. The molecule has 0 radical (unpaired) electrons. The summed E-state index contributed by atoms with van der Waals surface area (Å²) in [6.07, 6.45) is 1.51. The molecule has 1 aromatic carbocycles. The van der Waals surface area contributed by atoms with E-state index in [0.717, 1.165) is 22.0 Å². The molecule has 0 spiro atoms. The minimum atomic E-state index is -4.06.